The highest BCUT2D eigenvalue weighted by atomic mass is 19.1. The SMILES string of the molecule is Cc1ccc(C)c(C(=O)NCCn2nnc3ccc(F)cc3c2=O)c1. The Balaban J connectivity index is 1.73. The number of benzene rings is 2. The van der Waals surface area contributed by atoms with Gasteiger partial charge in [0.05, 0.1) is 11.9 Å². The zero-order valence-corrected chi connectivity index (χ0v) is 13.9. The number of fused-ring (bicyclic) bond motifs is 1. The molecule has 0 saturated heterocycles. The molecule has 1 aromatic heterocycles. The third-order valence-electron chi connectivity index (χ3n) is 3.93. The lowest BCUT2D eigenvalue weighted by molar-refractivity contribution is 0.0951. The highest BCUT2D eigenvalue weighted by Gasteiger charge is 2.10. The number of nitrogens with zero attached hydrogens (tertiary/aromatic N) is 3. The first kappa shape index (κ1) is 16.8. The number of hydrogen-bond donors (Lipinski definition) is 1. The second-order valence-electron chi connectivity index (χ2n) is 5.85. The van der Waals surface area contributed by atoms with Crippen LogP contribution in [0.2, 0.25) is 0 Å². The van der Waals surface area contributed by atoms with Crippen LogP contribution < -0.4 is 10.9 Å². The summed E-state index contributed by atoms with van der Waals surface area (Å²) in [6, 6.07) is 9.41. The van der Waals surface area contributed by atoms with Gasteiger partial charge in [-0.1, -0.05) is 22.9 Å². The van der Waals surface area contributed by atoms with E-state index in [2.05, 4.69) is 15.6 Å². The van der Waals surface area contributed by atoms with Crippen LogP contribution in [0.3, 0.4) is 0 Å². The van der Waals surface area contributed by atoms with Crippen LogP contribution in [0.25, 0.3) is 10.9 Å². The fraction of sp³-hybridized carbons (Fsp3) is 0.222. The average Bonchev–Trinajstić information content (AvgIpc) is 2.59. The minimum atomic E-state index is -0.507. The highest BCUT2D eigenvalue weighted by Crippen LogP contribution is 2.10. The van der Waals surface area contributed by atoms with Gasteiger partial charge < -0.3 is 5.32 Å². The van der Waals surface area contributed by atoms with Gasteiger partial charge in [0.2, 0.25) is 0 Å². The Labute approximate surface area is 143 Å². The second kappa shape index (κ2) is 6.80. The zero-order chi connectivity index (χ0) is 18.0. The number of nitrogens with one attached hydrogen (secondary N) is 1. The lowest BCUT2D eigenvalue weighted by Crippen LogP contribution is -2.33. The first-order valence-electron chi connectivity index (χ1n) is 7.84. The molecule has 1 N–H and O–H groups in total. The van der Waals surface area contributed by atoms with Crippen molar-refractivity contribution < 1.29 is 9.18 Å². The van der Waals surface area contributed by atoms with Crippen LogP contribution in [-0.2, 0) is 6.54 Å². The normalized spacial score (nSPS) is 10.8. The molecule has 1 heterocycles. The van der Waals surface area contributed by atoms with Crippen LogP contribution in [0, 0.1) is 19.7 Å². The summed E-state index contributed by atoms with van der Waals surface area (Å²) in [5.41, 5.74) is 2.36. The number of carbonyl (C=O) groups excluding carboxylic acids is 1. The Morgan fingerprint density at radius 3 is 2.80 bits per heavy atom. The molecule has 0 spiro atoms. The van der Waals surface area contributed by atoms with Gasteiger partial charge in [0.25, 0.3) is 11.5 Å². The Kier molecular flexibility index (Phi) is 4.56. The van der Waals surface area contributed by atoms with Crippen LogP contribution in [0.15, 0.2) is 41.2 Å². The molecule has 0 radical (unpaired) electrons. The Morgan fingerprint density at radius 2 is 2.00 bits per heavy atom. The van der Waals surface area contributed by atoms with E-state index in [0.29, 0.717) is 11.1 Å². The van der Waals surface area contributed by atoms with Crippen molar-refractivity contribution in [3.8, 4) is 0 Å². The summed E-state index contributed by atoms with van der Waals surface area (Å²) in [5, 5.41) is 10.6. The lowest BCUT2D eigenvalue weighted by Gasteiger charge is -2.09. The number of rotatable bonds is 4. The Bertz CT molecular complexity index is 1010. The maximum atomic E-state index is 13.3. The van der Waals surface area contributed by atoms with Crippen molar-refractivity contribution >= 4 is 16.8 Å². The topological polar surface area (TPSA) is 76.9 Å². The molecule has 0 aliphatic carbocycles. The maximum absolute atomic E-state index is 13.3. The van der Waals surface area contributed by atoms with E-state index in [1.165, 1.54) is 12.1 Å². The van der Waals surface area contributed by atoms with Gasteiger partial charge in [-0.15, -0.1) is 5.10 Å². The number of carbonyl (C=O) groups is 1. The van der Waals surface area contributed by atoms with Crippen molar-refractivity contribution in [2.24, 2.45) is 0 Å². The van der Waals surface area contributed by atoms with Crippen LogP contribution in [-0.4, -0.2) is 27.4 Å². The molecule has 0 atom stereocenters. The second-order valence-corrected chi connectivity index (χ2v) is 5.85. The number of aromatic nitrogens is 3. The van der Waals surface area contributed by atoms with Gasteiger partial charge in [0.1, 0.15) is 11.3 Å². The standard InChI is InChI=1S/C18H17FN4O2/c1-11-3-4-12(2)14(9-11)17(24)20-7-8-23-18(25)15-10-13(19)5-6-16(15)21-22-23/h3-6,9-10H,7-8H2,1-2H3,(H,20,24). The fourth-order valence-corrected chi connectivity index (χ4v) is 2.55. The van der Waals surface area contributed by atoms with E-state index in [4.69, 9.17) is 0 Å². The molecule has 1 amide bonds. The monoisotopic (exact) mass is 340 g/mol. The molecule has 0 fully saturated rings. The smallest absolute Gasteiger partial charge is 0.277 e. The van der Waals surface area contributed by atoms with Gasteiger partial charge in [-0.2, -0.15) is 0 Å². The lowest BCUT2D eigenvalue weighted by atomic mass is 10.1. The molecule has 128 valence electrons. The summed E-state index contributed by atoms with van der Waals surface area (Å²) >= 11 is 0. The van der Waals surface area contributed by atoms with Crippen molar-refractivity contribution in [1.29, 1.82) is 0 Å². The van der Waals surface area contributed by atoms with E-state index in [9.17, 15) is 14.0 Å². The maximum Gasteiger partial charge on any atom is 0.277 e. The molecule has 0 saturated carbocycles. The number of aryl methyl sites for hydroxylation is 2. The summed E-state index contributed by atoms with van der Waals surface area (Å²) < 4.78 is 14.4. The third-order valence-corrected chi connectivity index (χ3v) is 3.93. The van der Waals surface area contributed by atoms with Crippen molar-refractivity contribution in [2.45, 2.75) is 20.4 Å². The first-order valence-corrected chi connectivity index (χ1v) is 7.84. The van der Waals surface area contributed by atoms with Gasteiger partial charge in [-0.3, -0.25) is 9.59 Å². The minimum Gasteiger partial charge on any atom is -0.350 e. The predicted molar refractivity (Wildman–Crippen MR) is 92.0 cm³/mol. The third kappa shape index (κ3) is 3.55. The summed E-state index contributed by atoms with van der Waals surface area (Å²) in [5.74, 6) is -0.721. The first-order chi connectivity index (χ1) is 12.0. The zero-order valence-electron chi connectivity index (χ0n) is 13.9. The van der Waals surface area contributed by atoms with Gasteiger partial charge in [0, 0.05) is 12.1 Å². The van der Waals surface area contributed by atoms with E-state index < -0.39 is 11.4 Å². The van der Waals surface area contributed by atoms with Gasteiger partial charge in [0.15, 0.2) is 0 Å². The van der Waals surface area contributed by atoms with Crippen LogP contribution in [0.1, 0.15) is 21.5 Å². The number of amides is 1. The molecule has 3 aromatic rings. The van der Waals surface area contributed by atoms with Crippen LogP contribution in [0.4, 0.5) is 4.39 Å². The van der Waals surface area contributed by atoms with E-state index in [1.54, 1.807) is 0 Å². The van der Waals surface area contributed by atoms with E-state index in [-0.39, 0.29) is 24.4 Å². The number of halogens is 1. The average molecular weight is 340 g/mol. The molecule has 3 rings (SSSR count). The molecule has 25 heavy (non-hydrogen) atoms. The molecular weight excluding hydrogens is 323 g/mol. The van der Waals surface area contributed by atoms with Gasteiger partial charge in [-0.25, -0.2) is 9.07 Å². The fourth-order valence-electron chi connectivity index (χ4n) is 2.55. The molecule has 0 aliphatic heterocycles. The van der Waals surface area contributed by atoms with E-state index in [1.807, 2.05) is 32.0 Å². The molecule has 7 heteroatoms. The van der Waals surface area contributed by atoms with Crippen molar-refractivity contribution in [2.75, 3.05) is 6.54 Å². The molecule has 0 unspecified atom stereocenters. The van der Waals surface area contributed by atoms with Gasteiger partial charge in [-0.05, 0) is 43.7 Å². The predicted octanol–water partition coefficient (Wildman–Crippen LogP) is 1.98. The molecule has 2 aromatic carbocycles. The Hall–Kier alpha value is -3.09. The summed E-state index contributed by atoms with van der Waals surface area (Å²) in [4.78, 5) is 24.6. The van der Waals surface area contributed by atoms with Crippen LogP contribution in [0.5, 0.6) is 0 Å². The number of hydrogen-bond acceptors (Lipinski definition) is 4. The van der Waals surface area contributed by atoms with Crippen molar-refractivity contribution in [1.82, 2.24) is 20.3 Å². The largest absolute Gasteiger partial charge is 0.350 e. The quantitative estimate of drug-likeness (QED) is 0.788. The van der Waals surface area contributed by atoms with Crippen molar-refractivity contribution in [3.63, 3.8) is 0 Å². The highest BCUT2D eigenvalue weighted by molar-refractivity contribution is 5.95. The van der Waals surface area contributed by atoms with Crippen LogP contribution >= 0.6 is 0 Å². The molecule has 0 aliphatic rings. The molecule has 6 nitrogen and oxygen atoms in total. The Morgan fingerprint density at radius 1 is 1.20 bits per heavy atom. The van der Waals surface area contributed by atoms with Gasteiger partial charge >= 0.3 is 0 Å². The summed E-state index contributed by atoms with van der Waals surface area (Å²) in [7, 11) is 0. The minimum absolute atomic E-state index is 0.148. The van der Waals surface area contributed by atoms with E-state index in [0.717, 1.165) is 21.9 Å². The molecular formula is C18H17FN4O2. The molecule has 0 bridgehead atoms. The van der Waals surface area contributed by atoms with Crippen molar-refractivity contribution in [3.05, 3.63) is 69.3 Å². The summed E-state index contributed by atoms with van der Waals surface area (Å²) in [6.07, 6.45) is 0. The summed E-state index contributed by atoms with van der Waals surface area (Å²) in [6.45, 7) is 4.14. The van der Waals surface area contributed by atoms with E-state index >= 15 is 0 Å².